The zero-order valence-electron chi connectivity index (χ0n) is 15.1. The molecule has 0 aromatic heterocycles. The lowest BCUT2D eigenvalue weighted by atomic mass is 9.82. The summed E-state index contributed by atoms with van der Waals surface area (Å²) in [5.41, 5.74) is 0.938. The number of fused-ring (bicyclic) bond motifs is 1. The SMILES string of the molecule is O=C(Cc1ccc(Cl)c(Cl)c1)N1CCN[C@H]2CCC[C@H](N3CCCC3)[C@H]21. The quantitative estimate of drug-likeness (QED) is 0.851. The Kier molecular flexibility index (Phi) is 5.75. The molecule has 6 heteroatoms. The fourth-order valence-electron chi connectivity index (χ4n) is 5.01. The van der Waals surface area contributed by atoms with Gasteiger partial charge in [-0.2, -0.15) is 0 Å². The minimum Gasteiger partial charge on any atom is -0.335 e. The Bertz CT molecular complexity index is 660. The van der Waals surface area contributed by atoms with E-state index >= 15 is 0 Å². The van der Waals surface area contributed by atoms with Crippen LogP contribution in [0, 0.1) is 0 Å². The van der Waals surface area contributed by atoms with Gasteiger partial charge in [0.15, 0.2) is 0 Å². The van der Waals surface area contributed by atoms with E-state index in [9.17, 15) is 4.79 Å². The summed E-state index contributed by atoms with van der Waals surface area (Å²) in [5.74, 6) is 0.214. The molecule has 3 aliphatic rings. The molecule has 1 aliphatic carbocycles. The molecule has 2 heterocycles. The van der Waals surface area contributed by atoms with Crippen LogP contribution in [0.2, 0.25) is 10.0 Å². The Labute approximate surface area is 165 Å². The minimum atomic E-state index is 0.214. The number of likely N-dealkylation sites (tertiary alicyclic amines) is 1. The Balaban J connectivity index is 1.52. The molecule has 0 unspecified atom stereocenters. The van der Waals surface area contributed by atoms with Crippen molar-refractivity contribution in [2.24, 2.45) is 0 Å². The summed E-state index contributed by atoms with van der Waals surface area (Å²) in [6.45, 7) is 4.05. The van der Waals surface area contributed by atoms with Gasteiger partial charge in [0.2, 0.25) is 5.91 Å². The molecule has 1 N–H and O–H groups in total. The second-order valence-electron chi connectivity index (χ2n) is 7.80. The Morgan fingerprint density at radius 1 is 1.08 bits per heavy atom. The average Bonchev–Trinajstić information content (AvgIpc) is 3.18. The summed E-state index contributed by atoms with van der Waals surface area (Å²) >= 11 is 12.1. The van der Waals surface area contributed by atoms with Crippen LogP contribution in [0.4, 0.5) is 0 Å². The highest BCUT2D eigenvalue weighted by atomic mass is 35.5. The number of carbonyl (C=O) groups is 1. The zero-order valence-corrected chi connectivity index (χ0v) is 16.6. The van der Waals surface area contributed by atoms with Gasteiger partial charge in [0.25, 0.3) is 0 Å². The van der Waals surface area contributed by atoms with Crippen LogP contribution in [0.15, 0.2) is 18.2 Å². The van der Waals surface area contributed by atoms with Gasteiger partial charge in [-0.05, 0) is 56.5 Å². The Morgan fingerprint density at radius 3 is 2.65 bits per heavy atom. The Morgan fingerprint density at radius 2 is 1.88 bits per heavy atom. The molecule has 1 aromatic carbocycles. The highest BCUT2D eigenvalue weighted by Gasteiger charge is 2.44. The van der Waals surface area contributed by atoms with Gasteiger partial charge in [-0.15, -0.1) is 0 Å². The number of amides is 1. The van der Waals surface area contributed by atoms with E-state index < -0.39 is 0 Å². The van der Waals surface area contributed by atoms with E-state index in [2.05, 4.69) is 15.1 Å². The molecule has 26 heavy (non-hydrogen) atoms. The van der Waals surface area contributed by atoms with Crippen molar-refractivity contribution in [2.45, 2.75) is 56.7 Å². The summed E-state index contributed by atoms with van der Waals surface area (Å²) < 4.78 is 0. The lowest BCUT2D eigenvalue weighted by Crippen LogP contribution is -2.68. The predicted octanol–water partition coefficient (Wildman–Crippen LogP) is 3.35. The summed E-state index contributed by atoms with van der Waals surface area (Å²) in [5, 5.41) is 4.73. The molecule has 1 aromatic rings. The predicted molar refractivity (Wildman–Crippen MR) is 106 cm³/mol. The van der Waals surface area contributed by atoms with Crippen molar-refractivity contribution < 1.29 is 4.79 Å². The highest BCUT2D eigenvalue weighted by Crippen LogP contribution is 2.32. The molecule has 1 saturated carbocycles. The van der Waals surface area contributed by atoms with Gasteiger partial charge >= 0.3 is 0 Å². The normalized spacial score (nSPS) is 29.6. The molecule has 4 nitrogen and oxygen atoms in total. The maximum atomic E-state index is 13.2. The van der Waals surface area contributed by atoms with Crippen molar-refractivity contribution in [1.82, 2.24) is 15.1 Å². The average molecular weight is 396 g/mol. The molecule has 1 amide bonds. The summed E-state index contributed by atoms with van der Waals surface area (Å²) in [6.07, 6.45) is 6.61. The molecule has 3 fully saturated rings. The number of rotatable bonds is 3. The number of nitrogens with one attached hydrogen (secondary N) is 1. The van der Waals surface area contributed by atoms with Crippen molar-refractivity contribution >= 4 is 29.1 Å². The number of benzene rings is 1. The van der Waals surface area contributed by atoms with Crippen LogP contribution in [0.3, 0.4) is 0 Å². The van der Waals surface area contributed by atoms with Crippen LogP contribution in [0.5, 0.6) is 0 Å². The number of carbonyl (C=O) groups excluding carboxylic acids is 1. The van der Waals surface area contributed by atoms with Crippen molar-refractivity contribution in [1.29, 1.82) is 0 Å². The molecule has 0 radical (unpaired) electrons. The molecular formula is C20H27Cl2N3O. The van der Waals surface area contributed by atoms with E-state index in [1.165, 1.54) is 45.2 Å². The van der Waals surface area contributed by atoms with Gasteiger partial charge in [0.05, 0.1) is 22.5 Å². The lowest BCUT2D eigenvalue weighted by molar-refractivity contribution is -0.137. The number of nitrogens with zero attached hydrogens (tertiary/aromatic N) is 2. The largest absolute Gasteiger partial charge is 0.335 e. The first kappa shape index (κ1) is 18.5. The van der Waals surface area contributed by atoms with Crippen molar-refractivity contribution in [3.8, 4) is 0 Å². The van der Waals surface area contributed by atoms with Crippen molar-refractivity contribution in [3.63, 3.8) is 0 Å². The molecule has 142 valence electrons. The summed E-state index contributed by atoms with van der Waals surface area (Å²) in [4.78, 5) is 18.0. The first-order valence-corrected chi connectivity index (χ1v) is 10.6. The number of halogens is 2. The van der Waals surface area contributed by atoms with Crippen LogP contribution in [0.1, 0.15) is 37.7 Å². The maximum Gasteiger partial charge on any atom is 0.227 e. The lowest BCUT2D eigenvalue weighted by Gasteiger charge is -2.51. The monoisotopic (exact) mass is 395 g/mol. The van der Waals surface area contributed by atoms with Crippen molar-refractivity contribution in [2.75, 3.05) is 26.2 Å². The van der Waals surface area contributed by atoms with E-state index in [-0.39, 0.29) is 5.91 Å². The topological polar surface area (TPSA) is 35.6 Å². The third-order valence-electron chi connectivity index (χ3n) is 6.21. The van der Waals surface area contributed by atoms with E-state index in [1.807, 2.05) is 12.1 Å². The fourth-order valence-corrected chi connectivity index (χ4v) is 5.33. The van der Waals surface area contributed by atoms with Gasteiger partial charge in [-0.1, -0.05) is 35.7 Å². The first-order valence-electron chi connectivity index (χ1n) is 9.84. The fraction of sp³-hybridized carbons (Fsp3) is 0.650. The maximum absolute atomic E-state index is 13.2. The number of hydrogen-bond donors (Lipinski definition) is 1. The smallest absolute Gasteiger partial charge is 0.227 e. The van der Waals surface area contributed by atoms with Crippen LogP contribution >= 0.6 is 23.2 Å². The molecule has 0 bridgehead atoms. The van der Waals surface area contributed by atoms with E-state index in [4.69, 9.17) is 23.2 Å². The second-order valence-corrected chi connectivity index (χ2v) is 8.62. The van der Waals surface area contributed by atoms with Gasteiger partial charge in [0.1, 0.15) is 0 Å². The van der Waals surface area contributed by atoms with Crippen LogP contribution in [-0.4, -0.2) is 60.0 Å². The molecule has 2 saturated heterocycles. The third kappa shape index (κ3) is 3.75. The van der Waals surface area contributed by atoms with Gasteiger partial charge in [-0.3, -0.25) is 9.69 Å². The van der Waals surface area contributed by atoms with Crippen LogP contribution < -0.4 is 5.32 Å². The molecule has 4 rings (SSSR count). The van der Waals surface area contributed by atoms with Crippen LogP contribution in [0.25, 0.3) is 0 Å². The standard InChI is InChI=1S/C20H27Cl2N3O/c21-15-7-6-14(12-16(15)22)13-19(26)25-11-8-23-17-4-3-5-18(20(17)25)24-9-1-2-10-24/h6-7,12,17-18,20,23H,1-5,8-11,13H2/t17-,18-,20-/m0/s1. The summed E-state index contributed by atoms with van der Waals surface area (Å²) in [7, 11) is 0. The Hall–Kier alpha value is -0.810. The molecule has 2 aliphatic heterocycles. The zero-order chi connectivity index (χ0) is 18.1. The van der Waals surface area contributed by atoms with E-state index in [0.29, 0.717) is 34.6 Å². The molecule has 3 atom stereocenters. The van der Waals surface area contributed by atoms with Gasteiger partial charge in [0, 0.05) is 25.2 Å². The second kappa shape index (κ2) is 8.05. The third-order valence-corrected chi connectivity index (χ3v) is 6.95. The first-order chi connectivity index (χ1) is 12.6. The van der Waals surface area contributed by atoms with Crippen LogP contribution in [-0.2, 0) is 11.2 Å². The molecular weight excluding hydrogens is 369 g/mol. The molecule has 0 spiro atoms. The number of piperazine rings is 1. The van der Waals surface area contributed by atoms with E-state index in [1.54, 1.807) is 6.07 Å². The van der Waals surface area contributed by atoms with E-state index in [0.717, 1.165) is 18.7 Å². The minimum absolute atomic E-state index is 0.214. The highest BCUT2D eigenvalue weighted by molar-refractivity contribution is 6.42. The van der Waals surface area contributed by atoms with Gasteiger partial charge < -0.3 is 10.2 Å². The number of hydrogen-bond acceptors (Lipinski definition) is 3. The summed E-state index contributed by atoms with van der Waals surface area (Å²) in [6, 6.07) is 6.74. The van der Waals surface area contributed by atoms with Crippen molar-refractivity contribution in [3.05, 3.63) is 33.8 Å². The van der Waals surface area contributed by atoms with Gasteiger partial charge in [-0.25, -0.2) is 0 Å².